The van der Waals surface area contributed by atoms with Gasteiger partial charge in [-0.1, -0.05) is 18.2 Å². The Morgan fingerprint density at radius 1 is 1.29 bits per heavy atom. The van der Waals surface area contributed by atoms with Gasteiger partial charge in [0.2, 0.25) is 5.91 Å². The average molecular weight is 320 g/mol. The van der Waals surface area contributed by atoms with Crippen LogP contribution < -0.4 is 4.90 Å². The van der Waals surface area contributed by atoms with Crippen molar-refractivity contribution in [3.8, 4) is 0 Å². The summed E-state index contributed by atoms with van der Waals surface area (Å²) in [5.41, 5.74) is -0.951. The van der Waals surface area contributed by atoms with E-state index >= 15 is 0 Å². The summed E-state index contributed by atoms with van der Waals surface area (Å²) in [6, 6.07) is 2.21. The first-order chi connectivity index (χ1) is 9.82. The minimum absolute atomic E-state index is 0.159. The minimum atomic E-state index is -4.52. The lowest BCUT2D eigenvalue weighted by molar-refractivity contribution is -0.137. The van der Waals surface area contributed by atoms with E-state index in [1.807, 2.05) is 0 Å². The Balaban J connectivity index is 2.09. The normalized spacial score (nSPS) is 16.0. The number of rotatable bonds is 2. The van der Waals surface area contributed by atoms with E-state index in [4.69, 9.17) is 11.6 Å². The number of amides is 1. The highest BCUT2D eigenvalue weighted by atomic mass is 35.5. The summed E-state index contributed by atoms with van der Waals surface area (Å²) in [5.74, 6) is 0.215. The summed E-state index contributed by atoms with van der Waals surface area (Å²) in [6.45, 7) is 5.30. The maximum Gasteiger partial charge on any atom is 0.419 e. The number of carbonyl (C=O) groups is 1. The van der Waals surface area contributed by atoms with Crippen molar-refractivity contribution >= 4 is 23.3 Å². The number of piperazine rings is 1. The Morgan fingerprint density at radius 3 is 2.38 bits per heavy atom. The molecule has 0 radical (unpaired) electrons. The highest BCUT2D eigenvalue weighted by Gasteiger charge is 2.34. The zero-order chi connectivity index (χ0) is 15.6. The highest BCUT2D eigenvalue weighted by molar-refractivity contribution is 6.30. The first-order valence-corrected chi connectivity index (χ1v) is 6.60. The van der Waals surface area contributed by atoms with Crippen molar-refractivity contribution < 1.29 is 18.0 Å². The molecule has 0 aliphatic carbocycles. The number of anilines is 1. The van der Waals surface area contributed by atoms with E-state index in [9.17, 15) is 18.0 Å². The van der Waals surface area contributed by atoms with E-state index < -0.39 is 16.9 Å². The maximum absolute atomic E-state index is 12.6. The van der Waals surface area contributed by atoms with E-state index in [1.165, 1.54) is 12.1 Å². The SMILES string of the molecule is C=CC(=O)N1CCN(c2ccc(C(F)(F)F)c(Cl)n2)CC1. The molecule has 1 fully saturated rings. The summed E-state index contributed by atoms with van der Waals surface area (Å²) in [4.78, 5) is 18.7. The Bertz CT molecular complexity index is 554. The standard InChI is InChI=1S/C13H13ClF3N3O/c1-2-11(21)20-7-5-19(6-8-20)10-4-3-9(12(14)18-10)13(15,16)17/h2-4H,1,5-8H2. The molecule has 114 valence electrons. The van der Waals surface area contributed by atoms with Gasteiger partial charge in [-0.2, -0.15) is 13.2 Å². The topological polar surface area (TPSA) is 36.4 Å². The van der Waals surface area contributed by atoms with Crippen LogP contribution in [-0.2, 0) is 11.0 Å². The lowest BCUT2D eigenvalue weighted by atomic mass is 10.2. The van der Waals surface area contributed by atoms with Gasteiger partial charge >= 0.3 is 6.18 Å². The van der Waals surface area contributed by atoms with Crippen molar-refractivity contribution in [1.82, 2.24) is 9.88 Å². The third-order valence-corrected chi connectivity index (χ3v) is 3.52. The summed E-state index contributed by atoms with van der Waals surface area (Å²) in [6.07, 6.45) is -3.28. The molecule has 2 heterocycles. The van der Waals surface area contributed by atoms with Gasteiger partial charge in [0, 0.05) is 26.2 Å². The highest BCUT2D eigenvalue weighted by Crippen LogP contribution is 2.34. The van der Waals surface area contributed by atoms with Crippen LogP contribution in [-0.4, -0.2) is 42.0 Å². The molecule has 21 heavy (non-hydrogen) atoms. The molecule has 4 nitrogen and oxygen atoms in total. The van der Waals surface area contributed by atoms with Gasteiger partial charge in [-0.3, -0.25) is 4.79 Å². The van der Waals surface area contributed by atoms with Gasteiger partial charge < -0.3 is 9.80 Å². The van der Waals surface area contributed by atoms with E-state index in [0.717, 1.165) is 6.07 Å². The van der Waals surface area contributed by atoms with Crippen molar-refractivity contribution in [1.29, 1.82) is 0 Å². The van der Waals surface area contributed by atoms with Crippen molar-refractivity contribution in [2.45, 2.75) is 6.18 Å². The van der Waals surface area contributed by atoms with Crippen molar-refractivity contribution in [2.24, 2.45) is 0 Å². The fourth-order valence-electron chi connectivity index (χ4n) is 2.10. The van der Waals surface area contributed by atoms with Gasteiger partial charge in [-0.05, 0) is 18.2 Å². The Kier molecular flexibility index (Phi) is 4.41. The van der Waals surface area contributed by atoms with Gasteiger partial charge in [0.25, 0.3) is 0 Å². The van der Waals surface area contributed by atoms with Crippen LogP contribution in [0.3, 0.4) is 0 Å². The molecule has 0 atom stereocenters. The molecule has 0 aromatic carbocycles. The summed E-state index contributed by atoms with van der Waals surface area (Å²) in [7, 11) is 0. The number of pyridine rings is 1. The van der Waals surface area contributed by atoms with Crippen LogP contribution in [0, 0.1) is 0 Å². The Labute approximate surface area is 124 Å². The zero-order valence-electron chi connectivity index (χ0n) is 11.0. The lowest BCUT2D eigenvalue weighted by Gasteiger charge is -2.35. The fraction of sp³-hybridized carbons (Fsp3) is 0.385. The van der Waals surface area contributed by atoms with E-state index in [-0.39, 0.29) is 5.91 Å². The van der Waals surface area contributed by atoms with Crippen LogP contribution in [0.5, 0.6) is 0 Å². The molecule has 1 aromatic rings. The fourth-order valence-corrected chi connectivity index (χ4v) is 2.35. The second-order valence-corrected chi connectivity index (χ2v) is 4.88. The summed E-state index contributed by atoms with van der Waals surface area (Å²) >= 11 is 5.60. The zero-order valence-corrected chi connectivity index (χ0v) is 11.8. The Morgan fingerprint density at radius 2 is 1.90 bits per heavy atom. The molecule has 1 aliphatic rings. The van der Waals surface area contributed by atoms with Crippen molar-refractivity contribution in [3.05, 3.63) is 35.5 Å². The summed E-state index contributed by atoms with van der Waals surface area (Å²) in [5, 5.41) is -0.565. The predicted octanol–water partition coefficient (Wildman–Crippen LogP) is 2.59. The quantitative estimate of drug-likeness (QED) is 0.621. The molecule has 8 heteroatoms. The van der Waals surface area contributed by atoms with E-state index in [1.54, 1.807) is 9.80 Å². The molecular weight excluding hydrogens is 307 g/mol. The van der Waals surface area contributed by atoms with Crippen molar-refractivity contribution in [3.63, 3.8) is 0 Å². The predicted molar refractivity (Wildman–Crippen MR) is 73.2 cm³/mol. The monoisotopic (exact) mass is 319 g/mol. The largest absolute Gasteiger partial charge is 0.419 e. The smallest absolute Gasteiger partial charge is 0.353 e. The summed E-state index contributed by atoms with van der Waals surface area (Å²) < 4.78 is 37.8. The number of alkyl halides is 3. The van der Waals surface area contributed by atoms with Crippen LogP contribution in [0.1, 0.15) is 5.56 Å². The maximum atomic E-state index is 12.6. The van der Waals surface area contributed by atoms with Crippen LogP contribution >= 0.6 is 11.6 Å². The van der Waals surface area contributed by atoms with Gasteiger partial charge in [0.1, 0.15) is 11.0 Å². The molecular formula is C13H13ClF3N3O. The number of nitrogens with zero attached hydrogens (tertiary/aromatic N) is 3. The third-order valence-electron chi connectivity index (χ3n) is 3.23. The van der Waals surface area contributed by atoms with Gasteiger partial charge in [0.15, 0.2) is 0 Å². The molecule has 1 amide bonds. The molecule has 0 spiro atoms. The average Bonchev–Trinajstić information content (AvgIpc) is 2.45. The lowest BCUT2D eigenvalue weighted by Crippen LogP contribution is -2.48. The first kappa shape index (κ1) is 15.6. The molecule has 1 saturated heterocycles. The molecule has 0 saturated carbocycles. The van der Waals surface area contributed by atoms with E-state index in [0.29, 0.717) is 32.0 Å². The third kappa shape index (κ3) is 3.47. The number of hydrogen-bond acceptors (Lipinski definition) is 3. The molecule has 0 unspecified atom stereocenters. The van der Waals surface area contributed by atoms with Crippen LogP contribution in [0.15, 0.2) is 24.8 Å². The molecule has 0 bridgehead atoms. The number of halogens is 4. The molecule has 1 aromatic heterocycles. The van der Waals surface area contributed by atoms with Crippen LogP contribution in [0.2, 0.25) is 5.15 Å². The first-order valence-electron chi connectivity index (χ1n) is 6.23. The Hall–Kier alpha value is -1.76. The van der Waals surface area contributed by atoms with Crippen molar-refractivity contribution in [2.75, 3.05) is 31.1 Å². The number of aromatic nitrogens is 1. The minimum Gasteiger partial charge on any atom is -0.353 e. The molecule has 0 N–H and O–H groups in total. The van der Waals surface area contributed by atoms with Crippen LogP contribution in [0.25, 0.3) is 0 Å². The number of hydrogen-bond donors (Lipinski definition) is 0. The second kappa shape index (κ2) is 5.93. The van der Waals surface area contributed by atoms with Gasteiger partial charge in [-0.25, -0.2) is 4.98 Å². The number of carbonyl (C=O) groups excluding carboxylic acids is 1. The second-order valence-electron chi connectivity index (χ2n) is 4.52. The van der Waals surface area contributed by atoms with E-state index in [2.05, 4.69) is 11.6 Å². The van der Waals surface area contributed by atoms with Crippen LogP contribution in [0.4, 0.5) is 19.0 Å². The van der Waals surface area contributed by atoms with Gasteiger partial charge in [0.05, 0.1) is 5.56 Å². The van der Waals surface area contributed by atoms with Gasteiger partial charge in [-0.15, -0.1) is 0 Å². The molecule has 1 aliphatic heterocycles. The molecule has 2 rings (SSSR count).